The zero-order valence-electron chi connectivity index (χ0n) is 10.9. The molecule has 2 rings (SSSR count). The lowest BCUT2D eigenvalue weighted by Crippen LogP contribution is -2.13. The number of benzene rings is 2. The number of carbonyl (C=O) groups is 1. The van der Waals surface area contributed by atoms with Gasteiger partial charge in [0.25, 0.3) is 5.91 Å². The van der Waals surface area contributed by atoms with Crippen LogP contribution in [0.3, 0.4) is 0 Å². The van der Waals surface area contributed by atoms with E-state index in [1.54, 1.807) is 31.4 Å². The fourth-order valence-electron chi connectivity index (χ4n) is 1.72. The number of nitrogen functional groups attached to an aromatic ring is 1. The van der Waals surface area contributed by atoms with Gasteiger partial charge in [0.05, 0.1) is 17.3 Å². The van der Waals surface area contributed by atoms with Crippen LogP contribution in [0.1, 0.15) is 10.4 Å². The standard InChI is InChI=1S/C14H11Br3N2O2/c1-21-13-6-12(10(16)5-11(13)17)19-14(20)7-2-8(15)4-9(18)3-7/h2-6H,18H2,1H3,(H,19,20). The zero-order chi connectivity index (χ0) is 15.6. The van der Waals surface area contributed by atoms with Crippen molar-refractivity contribution in [1.29, 1.82) is 0 Å². The van der Waals surface area contributed by atoms with Gasteiger partial charge < -0.3 is 15.8 Å². The van der Waals surface area contributed by atoms with Gasteiger partial charge in [-0.3, -0.25) is 4.79 Å². The molecule has 4 nitrogen and oxygen atoms in total. The average molecular weight is 479 g/mol. The predicted molar refractivity (Wildman–Crippen MR) is 94.9 cm³/mol. The molecule has 0 saturated heterocycles. The average Bonchev–Trinajstić information content (AvgIpc) is 2.40. The number of anilines is 2. The van der Waals surface area contributed by atoms with Crippen LogP contribution in [0.15, 0.2) is 43.7 Å². The fourth-order valence-corrected chi connectivity index (χ4v) is 3.49. The highest BCUT2D eigenvalue weighted by molar-refractivity contribution is 9.11. The van der Waals surface area contributed by atoms with Crippen molar-refractivity contribution in [2.75, 3.05) is 18.2 Å². The Labute approximate surface area is 147 Å². The lowest BCUT2D eigenvalue weighted by atomic mass is 10.2. The van der Waals surface area contributed by atoms with E-state index in [0.29, 0.717) is 22.7 Å². The minimum Gasteiger partial charge on any atom is -0.495 e. The number of methoxy groups -OCH3 is 1. The molecule has 0 unspecified atom stereocenters. The highest BCUT2D eigenvalue weighted by Crippen LogP contribution is 2.34. The Bertz CT molecular complexity index is 685. The largest absolute Gasteiger partial charge is 0.495 e. The van der Waals surface area contributed by atoms with Gasteiger partial charge in [0.15, 0.2) is 0 Å². The molecule has 0 fully saturated rings. The van der Waals surface area contributed by atoms with Crippen molar-refractivity contribution in [2.45, 2.75) is 0 Å². The second-order valence-electron chi connectivity index (χ2n) is 4.19. The van der Waals surface area contributed by atoms with Crippen molar-refractivity contribution < 1.29 is 9.53 Å². The summed E-state index contributed by atoms with van der Waals surface area (Å²) >= 11 is 10.1. The molecule has 0 heterocycles. The molecule has 0 aromatic heterocycles. The molecule has 21 heavy (non-hydrogen) atoms. The molecular formula is C14H11Br3N2O2. The number of amides is 1. The quantitative estimate of drug-likeness (QED) is 0.622. The van der Waals surface area contributed by atoms with Crippen LogP contribution in [0.4, 0.5) is 11.4 Å². The van der Waals surface area contributed by atoms with E-state index in [1.807, 2.05) is 6.07 Å². The maximum atomic E-state index is 12.3. The fraction of sp³-hybridized carbons (Fsp3) is 0.0714. The molecule has 3 N–H and O–H groups in total. The number of nitrogens with two attached hydrogens (primary N) is 1. The van der Waals surface area contributed by atoms with E-state index in [1.165, 1.54) is 0 Å². The first-order chi connectivity index (χ1) is 9.90. The van der Waals surface area contributed by atoms with E-state index in [2.05, 4.69) is 53.1 Å². The van der Waals surface area contributed by atoms with Crippen LogP contribution in [0.25, 0.3) is 0 Å². The first-order valence-corrected chi connectivity index (χ1v) is 8.19. The van der Waals surface area contributed by atoms with Gasteiger partial charge in [0.2, 0.25) is 0 Å². The zero-order valence-corrected chi connectivity index (χ0v) is 15.7. The molecular weight excluding hydrogens is 468 g/mol. The normalized spacial score (nSPS) is 10.3. The summed E-state index contributed by atoms with van der Waals surface area (Å²) in [6.45, 7) is 0. The van der Waals surface area contributed by atoms with Crippen molar-refractivity contribution in [3.8, 4) is 5.75 Å². The van der Waals surface area contributed by atoms with Crippen molar-refractivity contribution in [3.63, 3.8) is 0 Å². The van der Waals surface area contributed by atoms with Gasteiger partial charge in [-0.15, -0.1) is 0 Å². The van der Waals surface area contributed by atoms with Crippen molar-refractivity contribution in [2.24, 2.45) is 0 Å². The Morgan fingerprint density at radius 2 is 1.81 bits per heavy atom. The summed E-state index contributed by atoms with van der Waals surface area (Å²) in [7, 11) is 1.56. The second kappa shape index (κ2) is 6.81. The highest BCUT2D eigenvalue weighted by Gasteiger charge is 2.12. The summed E-state index contributed by atoms with van der Waals surface area (Å²) in [5.41, 5.74) is 7.33. The van der Waals surface area contributed by atoms with E-state index in [4.69, 9.17) is 10.5 Å². The van der Waals surface area contributed by atoms with Crippen LogP contribution in [0.2, 0.25) is 0 Å². The van der Waals surface area contributed by atoms with Gasteiger partial charge in [-0.2, -0.15) is 0 Å². The monoisotopic (exact) mass is 476 g/mol. The van der Waals surface area contributed by atoms with Crippen LogP contribution in [-0.2, 0) is 0 Å². The van der Waals surface area contributed by atoms with Gasteiger partial charge in [0, 0.05) is 26.3 Å². The first kappa shape index (κ1) is 16.3. The molecule has 2 aromatic rings. The van der Waals surface area contributed by atoms with Crippen molar-refractivity contribution >= 4 is 65.1 Å². The van der Waals surface area contributed by atoms with Gasteiger partial charge in [-0.1, -0.05) is 15.9 Å². The SMILES string of the molecule is COc1cc(NC(=O)c2cc(N)cc(Br)c2)c(Br)cc1Br. The summed E-state index contributed by atoms with van der Waals surface area (Å²) in [5.74, 6) is 0.371. The molecule has 110 valence electrons. The van der Waals surface area contributed by atoms with Crippen LogP contribution in [0.5, 0.6) is 5.75 Å². The first-order valence-electron chi connectivity index (χ1n) is 5.81. The van der Waals surface area contributed by atoms with Crippen molar-refractivity contribution in [1.82, 2.24) is 0 Å². The number of ether oxygens (including phenoxy) is 1. The third kappa shape index (κ3) is 3.99. The molecule has 0 aliphatic rings. The molecule has 0 saturated carbocycles. The van der Waals surface area contributed by atoms with E-state index in [-0.39, 0.29) is 5.91 Å². The van der Waals surface area contributed by atoms with Crippen LogP contribution in [0, 0.1) is 0 Å². The van der Waals surface area contributed by atoms with E-state index in [0.717, 1.165) is 13.4 Å². The van der Waals surface area contributed by atoms with Crippen molar-refractivity contribution in [3.05, 3.63) is 49.3 Å². The maximum Gasteiger partial charge on any atom is 0.255 e. The van der Waals surface area contributed by atoms with Crippen LogP contribution in [-0.4, -0.2) is 13.0 Å². The molecule has 0 radical (unpaired) electrons. The van der Waals surface area contributed by atoms with E-state index >= 15 is 0 Å². The van der Waals surface area contributed by atoms with Gasteiger partial charge in [-0.25, -0.2) is 0 Å². The smallest absolute Gasteiger partial charge is 0.255 e. The minimum absolute atomic E-state index is 0.256. The summed E-state index contributed by atoms with van der Waals surface area (Å²) in [6.07, 6.45) is 0. The van der Waals surface area contributed by atoms with E-state index < -0.39 is 0 Å². The second-order valence-corrected chi connectivity index (χ2v) is 6.82. The molecule has 0 bridgehead atoms. The molecule has 0 spiro atoms. The number of carbonyl (C=O) groups excluding carboxylic acids is 1. The molecule has 1 amide bonds. The molecule has 0 aliphatic heterocycles. The number of hydrogen-bond donors (Lipinski definition) is 2. The number of halogens is 3. The third-order valence-electron chi connectivity index (χ3n) is 2.67. The Morgan fingerprint density at radius 1 is 1.10 bits per heavy atom. The van der Waals surface area contributed by atoms with Gasteiger partial charge in [0.1, 0.15) is 5.75 Å². The Balaban J connectivity index is 2.31. The van der Waals surface area contributed by atoms with Gasteiger partial charge in [-0.05, 0) is 56.1 Å². The summed E-state index contributed by atoms with van der Waals surface area (Å²) in [4.78, 5) is 12.3. The lowest BCUT2D eigenvalue weighted by molar-refractivity contribution is 0.102. The summed E-state index contributed by atoms with van der Waals surface area (Å²) in [6, 6.07) is 8.59. The lowest BCUT2D eigenvalue weighted by Gasteiger charge is -2.11. The summed E-state index contributed by atoms with van der Waals surface area (Å²) < 4.78 is 7.50. The molecule has 0 atom stereocenters. The topological polar surface area (TPSA) is 64.3 Å². The third-order valence-corrected chi connectivity index (χ3v) is 4.41. The number of nitrogens with one attached hydrogen (secondary N) is 1. The van der Waals surface area contributed by atoms with Crippen LogP contribution < -0.4 is 15.8 Å². The predicted octanol–water partition coefficient (Wildman–Crippen LogP) is 4.82. The summed E-state index contributed by atoms with van der Waals surface area (Å²) in [5, 5.41) is 2.82. The van der Waals surface area contributed by atoms with Gasteiger partial charge >= 0.3 is 0 Å². The highest BCUT2D eigenvalue weighted by atomic mass is 79.9. The molecule has 0 aliphatic carbocycles. The maximum absolute atomic E-state index is 12.3. The molecule has 7 heteroatoms. The molecule has 2 aromatic carbocycles. The number of hydrogen-bond acceptors (Lipinski definition) is 3. The Morgan fingerprint density at radius 3 is 2.43 bits per heavy atom. The minimum atomic E-state index is -0.256. The van der Waals surface area contributed by atoms with E-state index in [9.17, 15) is 4.79 Å². The Hall–Kier alpha value is -1.05. The van der Waals surface area contributed by atoms with Crippen LogP contribution >= 0.6 is 47.8 Å². The Kier molecular flexibility index (Phi) is 5.29. The number of rotatable bonds is 3.